The van der Waals surface area contributed by atoms with Gasteiger partial charge in [0.25, 0.3) is 11.7 Å². The van der Waals surface area contributed by atoms with Crippen molar-refractivity contribution in [2.45, 2.75) is 0 Å². The van der Waals surface area contributed by atoms with E-state index in [0.717, 1.165) is 33.1 Å². The quantitative estimate of drug-likeness (QED) is 0.437. The third-order valence-corrected chi connectivity index (χ3v) is 5.20. The average molecular weight is 386 g/mol. The Morgan fingerprint density at radius 1 is 1.00 bits per heavy atom. The van der Waals surface area contributed by atoms with E-state index in [2.05, 4.69) is 10.1 Å². The van der Waals surface area contributed by atoms with Crippen molar-refractivity contribution in [1.82, 2.24) is 19.3 Å². The molecule has 5 rings (SSSR count). The fourth-order valence-corrected chi connectivity index (χ4v) is 3.74. The van der Waals surface area contributed by atoms with Gasteiger partial charge in [-0.25, -0.2) is 0 Å². The third-order valence-electron chi connectivity index (χ3n) is 5.20. The molecule has 0 N–H and O–H groups in total. The molecule has 7 nitrogen and oxygen atoms in total. The van der Waals surface area contributed by atoms with Gasteiger partial charge < -0.3 is 18.4 Å². The number of benzene rings is 2. The Hall–Kier alpha value is -3.87. The maximum atomic E-state index is 13.1. The third kappa shape index (κ3) is 2.62. The molecule has 0 spiro atoms. The predicted octanol–water partition coefficient (Wildman–Crippen LogP) is 3.96. The van der Waals surface area contributed by atoms with Gasteiger partial charge in [-0.2, -0.15) is 4.98 Å². The first-order valence-electron chi connectivity index (χ1n) is 9.12. The summed E-state index contributed by atoms with van der Waals surface area (Å²) in [5, 5.41) is 5.85. The Balaban J connectivity index is 1.59. The molecule has 0 saturated carbocycles. The second-order valence-corrected chi connectivity index (χ2v) is 6.96. The summed E-state index contributed by atoms with van der Waals surface area (Å²) in [5.41, 5.74) is 3.30. The number of methoxy groups -OCH3 is 1. The minimum absolute atomic E-state index is 0.0312. The number of rotatable bonds is 4. The van der Waals surface area contributed by atoms with Crippen molar-refractivity contribution in [2.24, 2.45) is 14.1 Å². The van der Waals surface area contributed by atoms with E-state index < -0.39 is 0 Å². The first-order valence-corrected chi connectivity index (χ1v) is 9.12. The van der Waals surface area contributed by atoms with E-state index in [9.17, 15) is 4.79 Å². The van der Waals surface area contributed by atoms with Gasteiger partial charge in [0.15, 0.2) is 0 Å². The second-order valence-electron chi connectivity index (χ2n) is 6.96. The molecule has 3 aromatic heterocycles. The van der Waals surface area contributed by atoms with Crippen LogP contribution in [0.4, 0.5) is 0 Å². The molecule has 5 aromatic rings. The number of fused-ring (bicyclic) bond motifs is 2. The number of carbonyl (C=O) groups is 1. The molecular formula is C22H18N4O3. The van der Waals surface area contributed by atoms with Gasteiger partial charge in [-0.3, -0.25) is 4.79 Å². The zero-order chi connectivity index (χ0) is 20.1. The van der Waals surface area contributed by atoms with Gasteiger partial charge in [0.05, 0.1) is 12.7 Å². The lowest BCUT2D eigenvalue weighted by Crippen LogP contribution is -2.01. The Morgan fingerprint density at radius 2 is 1.76 bits per heavy atom. The summed E-state index contributed by atoms with van der Waals surface area (Å²) >= 11 is 0. The molecule has 0 saturated heterocycles. The second kappa shape index (κ2) is 6.34. The molecule has 0 aliphatic rings. The molecular weight excluding hydrogens is 368 g/mol. The van der Waals surface area contributed by atoms with Crippen molar-refractivity contribution < 1.29 is 14.1 Å². The van der Waals surface area contributed by atoms with Crippen molar-refractivity contribution in [3.63, 3.8) is 0 Å². The van der Waals surface area contributed by atoms with E-state index in [1.54, 1.807) is 13.3 Å². The predicted molar refractivity (Wildman–Crippen MR) is 109 cm³/mol. The Kier molecular flexibility index (Phi) is 3.77. The number of aryl methyl sites for hydroxylation is 2. The molecule has 2 aromatic carbocycles. The molecule has 0 bridgehead atoms. The largest absolute Gasteiger partial charge is 0.497 e. The number of carbonyl (C=O) groups excluding carboxylic acids is 1. The van der Waals surface area contributed by atoms with Crippen LogP contribution in [0.5, 0.6) is 5.75 Å². The van der Waals surface area contributed by atoms with Gasteiger partial charge >= 0.3 is 0 Å². The van der Waals surface area contributed by atoms with E-state index in [1.807, 2.05) is 71.9 Å². The van der Waals surface area contributed by atoms with Crippen LogP contribution in [-0.4, -0.2) is 32.2 Å². The van der Waals surface area contributed by atoms with Crippen LogP contribution in [0.3, 0.4) is 0 Å². The Morgan fingerprint density at radius 3 is 2.59 bits per heavy atom. The average Bonchev–Trinajstić information content (AvgIpc) is 3.44. The molecule has 0 aliphatic carbocycles. The van der Waals surface area contributed by atoms with E-state index >= 15 is 0 Å². The van der Waals surface area contributed by atoms with E-state index in [-0.39, 0.29) is 11.7 Å². The molecule has 7 heteroatoms. The fraction of sp³-hybridized carbons (Fsp3) is 0.136. The summed E-state index contributed by atoms with van der Waals surface area (Å²) in [6.45, 7) is 0. The topological polar surface area (TPSA) is 75.1 Å². The first kappa shape index (κ1) is 17.2. The molecule has 144 valence electrons. The van der Waals surface area contributed by atoms with Crippen LogP contribution in [0.15, 0.2) is 59.4 Å². The minimum Gasteiger partial charge on any atom is -0.497 e. The maximum absolute atomic E-state index is 13.1. The van der Waals surface area contributed by atoms with Gasteiger partial charge in [0.1, 0.15) is 5.75 Å². The van der Waals surface area contributed by atoms with Gasteiger partial charge in [0.2, 0.25) is 5.82 Å². The zero-order valence-electron chi connectivity index (χ0n) is 16.2. The SMILES string of the molecule is COc1ccc2c(c1)c(-c1noc(C(=O)c3cn(C)c4ccccc34)n1)cn2C. The standard InChI is InChI=1S/C22H18N4O3/c1-25-11-16(14-6-4-5-7-18(14)25)20(27)22-23-21(24-29-22)17-12-26(2)19-9-8-13(28-3)10-15(17)19/h4-12H,1-3H3. The normalized spacial score (nSPS) is 11.4. The van der Waals surface area contributed by atoms with Crippen LogP contribution >= 0.6 is 0 Å². The summed E-state index contributed by atoms with van der Waals surface area (Å²) < 4.78 is 14.6. The molecule has 0 unspecified atom stereocenters. The molecule has 29 heavy (non-hydrogen) atoms. The lowest BCUT2D eigenvalue weighted by Gasteiger charge is -2.00. The van der Waals surface area contributed by atoms with Crippen molar-refractivity contribution in [3.8, 4) is 17.1 Å². The molecule has 0 fully saturated rings. The van der Waals surface area contributed by atoms with Gasteiger partial charge in [-0.05, 0) is 24.3 Å². The Bertz CT molecular complexity index is 1390. The summed E-state index contributed by atoms with van der Waals surface area (Å²) in [6.07, 6.45) is 3.71. The molecule has 0 radical (unpaired) electrons. The number of aromatic nitrogens is 4. The van der Waals surface area contributed by atoms with Crippen molar-refractivity contribution in [3.05, 3.63) is 66.3 Å². The number of nitrogens with zero attached hydrogens (tertiary/aromatic N) is 4. The lowest BCUT2D eigenvalue weighted by atomic mass is 10.1. The smallest absolute Gasteiger partial charge is 0.299 e. The fourth-order valence-electron chi connectivity index (χ4n) is 3.74. The monoisotopic (exact) mass is 386 g/mol. The molecule has 0 atom stereocenters. The van der Waals surface area contributed by atoms with Crippen LogP contribution in [0.1, 0.15) is 16.2 Å². The van der Waals surface area contributed by atoms with Crippen LogP contribution in [-0.2, 0) is 14.1 Å². The van der Waals surface area contributed by atoms with E-state index in [0.29, 0.717) is 11.4 Å². The number of ether oxygens (including phenoxy) is 1. The minimum atomic E-state index is -0.293. The van der Waals surface area contributed by atoms with Crippen molar-refractivity contribution in [1.29, 1.82) is 0 Å². The molecule has 0 aliphatic heterocycles. The van der Waals surface area contributed by atoms with Gasteiger partial charge in [-0.1, -0.05) is 23.4 Å². The van der Waals surface area contributed by atoms with Crippen LogP contribution < -0.4 is 4.74 Å². The highest BCUT2D eigenvalue weighted by Gasteiger charge is 2.23. The Labute approximate surface area is 166 Å². The zero-order valence-corrected chi connectivity index (χ0v) is 16.2. The van der Waals surface area contributed by atoms with E-state index in [4.69, 9.17) is 9.26 Å². The number of ketones is 1. The first-order chi connectivity index (χ1) is 14.1. The van der Waals surface area contributed by atoms with E-state index in [1.165, 1.54) is 0 Å². The summed E-state index contributed by atoms with van der Waals surface area (Å²) in [5.74, 6) is 0.780. The summed E-state index contributed by atoms with van der Waals surface area (Å²) in [4.78, 5) is 17.5. The summed E-state index contributed by atoms with van der Waals surface area (Å²) in [7, 11) is 5.47. The molecule has 3 heterocycles. The van der Waals surface area contributed by atoms with Crippen molar-refractivity contribution >= 4 is 27.6 Å². The van der Waals surface area contributed by atoms with Crippen LogP contribution in [0.25, 0.3) is 33.2 Å². The maximum Gasteiger partial charge on any atom is 0.299 e. The number of para-hydroxylation sites is 1. The lowest BCUT2D eigenvalue weighted by molar-refractivity contribution is 0.0995. The van der Waals surface area contributed by atoms with Gasteiger partial charge in [0, 0.05) is 53.9 Å². The van der Waals surface area contributed by atoms with Crippen LogP contribution in [0.2, 0.25) is 0 Å². The highest BCUT2D eigenvalue weighted by atomic mass is 16.5. The van der Waals surface area contributed by atoms with Crippen molar-refractivity contribution in [2.75, 3.05) is 7.11 Å². The molecule has 0 amide bonds. The highest BCUT2D eigenvalue weighted by molar-refractivity contribution is 6.14. The summed E-state index contributed by atoms with van der Waals surface area (Å²) in [6, 6.07) is 13.5. The highest BCUT2D eigenvalue weighted by Crippen LogP contribution is 2.31. The van der Waals surface area contributed by atoms with Gasteiger partial charge in [-0.15, -0.1) is 0 Å². The number of hydrogen-bond donors (Lipinski definition) is 0. The van der Waals surface area contributed by atoms with Crippen LogP contribution in [0, 0.1) is 0 Å². The number of hydrogen-bond acceptors (Lipinski definition) is 5.